The van der Waals surface area contributed by atoms with Crippen molar-refractivity contribution in [2.75, 3.05) is 45.9 Å². The van der Waals surface area contributed by atoms with Crippen LogP contribution in [0.1, 0.15) is 22.8 Å². The van der Waals surface area contributed by atoms with E-state index in [0.717, 1.165) is 50.4 Å². The number of rotatable bonds is 11. The molecule has 0 aliphatic carbocycles. The Kier molecular flexibility index (Phi) is 12.9. The molecule has 3 aromatic carbocycles. The molecular formula is C32H34F2N2O5. The Morgan fingerprint density at radius 1 is 0.756 bits per heavy atom. The number of hydrogen-bond donors (Lipinski definition) is 2. The molecule has 3 aromatic rings. The second-order valence-corrected chi connectivity index (χ2v) is 9.32. The van der Waals surface area contributed by atoms with Crippen LogP contribution >= 0.6 is 0 Å². The number of carboxylic acids is 2. The predicted octanol–water partition coefficient (Wildman–Crippen LogP) is 5.11. The highest BCUT2D eigenvalue weighted by molar-refractivity contribution is 5.89. The van der Waals surface area contributed by atoms with Crippen LogP contribution in [0.2, 0.25) is 0 Å². The molecule has 1 aliphatic heterocycles. The third-order valence-corrected chi connectivity index (χ3v) is 6.34. The Bertz CT molecular complexity index is 1210. The van der Waals surface area contributed by atoms with Gasteiger partial charge >= 0.3 is 11.9 Å². The fraction of sp³-hybridized carbons (Fsp3) is 0.250. The van der Waals surface area contributed by atoms with Gasteiger partial charge in [0.25, 0.3) is 0 Å². The highest BCUT2D eigenvalue weighted by Gasteiger charge is 2.18. The lowest BCUT2D eigenvalue weighted by molar-refractivity contribution is -0.134. The third-order valence-electron chi connectivity index (χ3n) is 6.34. The van der Waals surface area contributed by atoms with Gasteiger partial charge in [0.1, 0.15) is 17.7 Å². The van der Waals surface area contributed by atoms with Gasteiger partial charge in [-0.2, -0.15) is 0 Å². The van der Waals surface area contributed by atoms with Crippen LogP contribution in [0, 0.1) is 11.6 Å². The largest absolute Gasteiger partial charge is 0.478 e. The van der Waals surface area contributed by atoms with E-state index in [1.54, 1.807) is 24.3 Å². The summed E-state index contributed by atoms with van der Waals surface area (Å²) in [5.74, 6) is -3.08. The molecule has 0 bridgehead atoms. The van der Waals surface area contributed by atoms with Gasteiger partial charge in [0.2, 0.25) is 0 Å². The Balaban J connectivity index is 0.000000507. The first-order chi connectivity index (χ1) is 19.8. The van der Waals surface area contributed by atoms with Crippen molar-refractivity contribution in [3.63, 3.8) is 0 Å². The van der Waals surface area contributed by atoms with Crippen LogP contribution in [-0.4, -0.2) is 77.8 Å². The van der Waals surface area contributed by atoms with Gasteiger partial charge in [0.05, 0.1) is 6.61 Å². The van der Waals surface area contributed by atoms with Crippen molar-refractivity contribution in [1.29, 1.82) is 0 Å². The number of nitrogens with zero attached hydrogens (tertiary/aromatic N) is 2. The minimum Gasteiger partial charge on any atom is -0.478 e. The molecule has 2 N–H and O–H groups in total. The molecule has 0 aromatic heterocycles. The van der Waals surface area contributed by atoms with E-state index in [2.05, 4.69) is 46.2 Å². The van der Waals surface area contributed by atoms with E-state index in [1.165, 1.54) is 29.8 Å². The molecule has 1 aliphatic rings. The average molecular weight is 565 g/mol. The van der Waals surface area contributed by atoms with E-state index >= 15 is 0 Å². The van der Waals surface area contributed by atoms with E-state index < -0.39 is 11.9 Å². The fourth-order valence-electron chi connectivity index (χ4n) is 4.20. The molecule has 0 radical (unpaired) electrons. The van der Waals surface area contributed by atoms with Crippen LogP contribution < -0.4 is 0 Å². The molecule has 0 atom stereocenters. The summed E-state index contributed by atoms with van der Waals surface area (Å²) in [4.78, 5) is 24.0. The van der Waals surface area contributed by atoms with E-state index in [1.807, 2.05) is 6.07 Å². The normalized spacial score (nSPS) is 14.3. The van der Waals surface area contributed by atoms with E-state index in [9.17, 15) is 18.4 Å². The van der Waals surface area contributed by atoms with Crippen molar-refractivity contribution in [2.45, 2.75) is 6.10 Å². The van der Waals surface area contributed by atoms with Crippen molar-refractivity contribution >= 4 is 18.0 Å². The molecule has 7 nitrogen and oxygen atoms in total. The molecule has 41 heavy (non-hydrogen) atoms. The van der Waals surface area contributed by atoms with Crippen molar-refractivity contribution in [3.8, 4) is 0 Å². The summed E-state index contributed by atoms with van der Waals surface area (Å²) >= 11 is 0. The number of piperazine rings is 1. The van der Waals surface area contributed by atoms with Crippen LogP contribution in [0.5, 0.6) is 0 Å². The summed E-state index contributed by atoms with van der Waals surface area (Å²) in [5, 5.41) is 15.6. The summed E-state index contributed by atoms with van der Waals surface area (Å²) in [7, 11) is 0. The quantitative estimate of drug-likeness (QED) is 0.313. The number of aliphatic carboxylic acids is 2. The van der Waals surface area contributed by atoms with Gasteiger partial charge in [0, 0.05) is 51.4 Å². The van der Waals surface area contributed by atoms with Crippen LogP contribution in [0.4, 0.5) is 8.78 Å². The first-order valence-electron chi connectivity index (χ1n) is 13.2. The number of ether oxygens (including phenoxy) is 1. The van der Waals surface area contributed by atoms with Crippen molar-refractivity contribution in [1.82, 2.24) is 9.80 Å². The first-order valence-corrected chi connectivity index (χ1v) is 13.2. The minimum atomic E-state index is -1.26. The van der Waals surface area contributed by atoms with Crippen LogP contribution in [-0.2, 0) is 14.3 Å². The smallest absolute Gasteiger partial charge is 0.328 e. The third kappa shape index (κ3) is 11.8. The maximum Gasteiger partial charge on any atom is 0.328 e. The number of benzene rings is 3. The lowest BCUT2D eigenvalue weighted by Crippen LogP contribution is -2.47. The monoisotopic (exact) mass is 564 g/mol. The van der Waals surface area contributed by atoms with Gasteiger partial charge in [-0.15, -0.1) is 0 Å². The number of carbonyl (C=O) groups is 2. The van der Waals surface area contributed by atoms with E-state index in [-0.39, 0.29) is 17.7 Å². The molecule has 0 unspecified atom stereocenters. The highest BCUT2D eigenvalue weighted by atomic mass is 19.1. The van der Waals surface area contributed by atoms with Crippen LogP contribution in [0.3, 0.4) is 0 Å². The number of hydrogen-bond acceptors (Lipinski definition) is 5. The Hall–Kier alpha value is -4.18. The van der Waals surface area contributed by atoms with Gasteiger partial charge in [-0.05, 0) is 41.0 Å². The summed E-state index contributed by atoms with van der Waals surface area (Å²) in [6.07, 6.45) is 5.16. The average Bonchev–Trinajstić information content (AvgIpc) is 2.97. The number of carboxylic acid groups (broad SMARTS) is 2. The zero-order valence-electron chi connectivity index (χ0n) is 22.6. The SMILES string of the molecule is Fc1ccc(C(OCCN2CCN(C/C=C/c3ccccc3)CC2)c2ccc(F)cc2)cc1.O=C(O)/C=C\C(=O)O. The molecule has 1 fully saturated rings. The lowest BCUT2D eigenvalue weighted by atomic mass is 10.0. The predicted molar refractivity (Wildman–Crippen MR) is 153 cm³/mol. The molecule has 1 heterocycles. The molecule has 4 rings (SSSR count). The van der Waals surface area contributed by atoms with Crippen molar-refractivity contribution < 1.29 is 33.3 Å². The fourth-order valence-corrected chi connectivity index (χ4v) is 4.20. The van der Waals surface area contributed by atoms with Gasteiger partial charge in [-0.1, -0.05) is 66.7 Å². The van der Waals surface area contributed by atoms with Gasteiger partial charge in [0.15, 0.2) is 0 Å². The van der Waals surface area contributed by atoms with Gasteiger partial charge < -0.3 is 14.9 Å². The van der Waals surface area contributed by atoms with Crippen molar-refractivity contribution in [3.05, 3.63) is 125 Å². The zero-order valence-corrected chi connectivity index (χ0v) is 22.6. The van der Waals surface area contributed by atoms with Gasteiger partial charge in [-0.3, -0.25) is 9.80 Å². The van der Waals surface area contributed by atoms with E-state index in [0.29, 0.717) is 18.8 Å². The molecule has 9 heteroatoms. The molecule has 0 saturated carbocycles. The van der Waals surface area contributed by atoms with E-state index in [4.69, 9.17) is 14.9 Å². The molecule has 1 saturated heterocycles. The summed E-state index contributed by atoms with van der Waals surface area (Å²) < 4.78 is 33.0. The second-order valence-electron chi connectivity index (χ2n) is 9.32. The Morgan fingerprint density at radius 3 is 1.73 bits per heavy atom. The summed E-state index contributed by atoms with van der Waals surface area (Å²) in [6, 6.07) is 23.0. The van der Waals surface area contributed by atoms with Gasteiger partial charge in [-0.25, -0.2) is 18.4 Å². The molecule has 0 spiro atoms. The standard InChI is InChI=1S/C28H30F2N2O.C4H4O4/c29-26-12-8-24(9-13-26)28(25-10-14-27(30)15-11-25)33-22-21-32-19-17-31(18-20-32)16-4-7-23-5-2-1-3-6-23;5-3(6)1-2-4(7)8/h1-15,28H,16-22H2;1-2H,(H,5,6)(H,7,8)/b7-4+;2-1-. The number of halogens is 2. The maximum atomic E-state index is 13.4. The Morgan fingerprint density at radius 2 is 1.24 bits per heavy atom. The summed E-state index contributed by atoms with van der Waals surface area (Å²) in [5.41, 5.74) is 2.95. The maximum absolute atomic E-state index is 13.4. The second kappa shape index (κ2) is 16.8. The Labute approximate surface area is 238 Å². The molecule has 0 amide bonds. The molecule has 216 valence electrons. The summed E-state index contributed by atoms with van der Waals surface area (Å²) in [6.45, 7) is 6.38. The minimum absolute atomic E-state index is 0.284. The first kappa shape index (κ1) is 31.3. The topological polar surface area (TPSA) is 90.3 Å². The zero-order chi connectivity index (χ0) is 29.5. The van der Waals surface area contributed by atoms with Crippen molar-refractivity contribution in [2.24, 2.45) is 0 Å². The van der Waals surface area contributed by atoms with Crippen LogP contribution in [0.25, 0.3) is 6.08 Å². The molecular weight excluding hydrogens is 530 g/mol. The lowest BCUT2D eigenvalue weighted by Gasteiger charge is -2.34. The highest BCUT2D eigenvalue weighted by Crippen LogP contribution is 2.26. The van der Waals surface area contributed by atoms with Crippen LogP contribution in [0.15, 0.2) is 97.1 Å².